The molecule has 0 aliphatic carbocycles. The second kappa shape index (κ2) is 29.5. The molecule has 0 fully saturated rings. The third-order valence-electron chi connectivity index (χ3n) is 5.36. The van der Waals surface area contributed by atoms with Crippen molar-refractivity contribution >= 4 is 0 Å². The molecule has 37 heavy (non-hydrogen) atoms. The average Bonchev–Trinajstić information content (AvgIpc) is 2.93. The van der Waals surface area contributed by atoms with Crippen LogP contribution in [0.3, 0.4) is 0 Å². The second-order valence-corrected chi connectivity index (χ2v) is 8.59. The summed E-state index contributed by atoms with van der Waals surface area (Å²) in [4.78, 5) is 0. The van der Waals surface area contributed by atoms with E-state index in [9.17, 15) is 0 Å². The van der Waals surface area contributed by atoms with Crippen LogP contribution in [0.25, 0.3) is 0 Å². The first-order valence-corrected chi connectivity index (χ1v) is 14.1. The van der Waals surface area contributed by atoms with E-state index in [1.54, 1.807) is 0 Å². The topological polar surface area (TPSA) is 73.8 Å². The van der Waals surface area contributed by atoms with Crippen LogP contribution in [0, 0.1) is 0 Å². The smallest absolute Gasteiger partial charge is 0.0718 e. The van der Waals surface area contributed by atoms with E-state index in [4.69, 9.17) is 37.9 Å². The van der Waals surface area contributed by atoms with E-state index in [0.717, 1.165) is 13.0 Å². The minimum atomic E-state index is 0.542. The van der Waals surface area contributed by atoms with E-state index in [-0.39, 0.29) is 0 Å². The Bertz CT molecular complexity index is 546. The molecule has 0 bridgehead atoms. The van der Waals surface area contributed by atoms with E-state index < -0.39 is 0 Å². The number of rotatable bonds is 30. The molecule has 0 aromatic heterocycles. The molecule has 0 heterocycles. The maximum atomic E-state index is 5.58. The summed E-state index contributed by atoms with van der Waals surface area (Å²) in [5.74, 6) is 0. The van der Waals surface area contributed by atoms with Crippen LogP contribution in [-0.2, 0) is 44.5 Å². The lowest BCUT2D eigenvalue weighted by Crippen LogP contribution is -2.15. The standard InChI is InChI=1S/C29H52O8/c1-2-3-4-5-6-10-13-30-14-15-31-16-17-32-18-19-33-20-21-34-22-23-35-24-25-36-26-27-37-28-29-11-8-7-9-12-29/h7-9,11-12H,2-6,10,13-28H2,1H3. The number of ether oxygens (including phenoxy) is 8. The molecule has 8 nitrogen and oxygen atoms in total. The van der Waals surface area contributed by atoms with Gasteiger partial charge in [-0.1, -0.05) is 69.4 Å². The first kappa shape index (κ1) is 33.9. The zero-order valence-corrected chi connectivity index (χ0v) is 23.2. The van der Waals surface area contributed by atoms with Gasteiger partial charge >= 0.3 is 0 Å². The molecule has 0 saturated heterocycles. The van der Waals surface area contributed by atoms with Gasteiger partial charge in [0.1, 0.15) is 0 Å². The van der Waals surface area contributed by atoms with E-state index >= 15 is 0 Å². The molecule has 8 heteroatoms. The van der Waals surface area contributed by atoms with Gasteiger partial charge in [-0.3, -0.25) is 0 Å². The van der Waals surface area contributed by atoms with Crippen LogP contribution < -0.4 is 0 Å². The Morgan fingerprint density at radius 1 is 0.378 bits per heavy atom. The summed E-state index contributed by atoms with van der Waals surface area (Å²) in [6.07, 6.45) is 7.72. The molecule has 0 aliphatic heterocycles. The third-order valence-corrected chi connectivity index (χ3v) is 5.36. The maximum Gasteiger partial charge on any atom is 0.0718 e. The van der Waals surface area contributed by atoms with Crippen LogP contribution in [0.5, 0.6) is 0 Å². The largest absolute Gasteiger partial charge is 0.379 e. The Hall–Kier alpha value is -1.10. The Morgan fingerprint density at radius 2 is 0.730 bits per heavy atom. The minimum Gasteiger partial charge on any atom is -0.379 e. The molecule has 1 aromatic rings. The Balaban J connectivity index is 1.62. The van der Waals surface area contributed by atoms with Gasteiger partial charge in [0, 0.05) is 6.61 Å². The zero-order valence-electron chi connectivity index (χ0n) is 23.2. The summed E-state index contributed by atoms with van der Waals surface area (Å²) < 4.78 is 44.1. The van der Waals surface area contributed by atoms with Crippen LogP contribution in [0.1, 0.15) is 51.0 Å². The lowest BCUT2D eigenvalue weighted by molar-refractivity contribution is -0.0236. The second-order valence-electron chi connectivity index (χ2n) is 8.59. The summed E-state index contributed by atoms with van der Waals surface area (Å²) in [6.45, 7) is 11.6. The summed E-state index contributed by atoms with van der Waals surface area (Å²) in [7, 11) is 0. The van der Waals surface area contributed by atoms with Crippen molar-refractivity contribution in [1.82, 2.24) is 0 Å². The fraction of sp³-hybridized carbons (Fsp3) is 0.793. The van der Waals surface area contributed by atoms with Gasteiger partial charge in [0.2, 0.25) is 0 Å². The van der Waals surface area contributed by atoms with E-state index in [1.165, 1.54) is 37.7 Å². The summed E-state index contributed by atoms with van der Waals surface area (Å²) in [5, 5.41) is 0. The third kappa shape index (κ3) is 26.3. The van der Waals surface area contributed by atoms with Gasteiger partial charge in [-0.25, -0.2) is 0 Å². The molecule has 216 valence electrons. The minimum absolute atomic E-state index is 0.542. The van der Waals surface area contributed by atoms with Crippen LogP contribution in [0.15, 0.2) is 30.3 Å². The molecular weight excluding hydrogens is 476 g/mol. The molecule has 1 rings (SSSR count). The quantitative estimate of drug-likeness (QED) is 0.133. The Kier molecular flexibility index (Phi) is 27.0. The first-order chi connectivity index (χ1) is 18.4. The molecule has 0 unspecified atom stereocenters. The zero-order chi connectivity index (χ0) is 26.3. The van der Waals surface area contributed by atoms with Crippen molar-refractivity contribution in [1.29, 1.82) is 0 Å². The van der Waals surface area contributed by atoms with Gasteiger partial charge in [0.25, 0.3) is 0 Å². The van der Waals surface area contributed by atoms with Gasteiger partial charge in [0.15, 0.2) is 0 Å². The molecule has 0 N–H and O–H groups in total. The fourth-order valence-electron chi connectivity index (χ4n) is 3.29. The predicted octanol–water partition coefficient (Wildman–Crippen LogP) is 4.68. The summed E-state index contributed by atoms with van der Waals surface area (Å²) in [6, 6.07) is 10.1. The van der Waals surface area contributed by atoms with Crippen LogP contribution >= 0.6 is 0 Å². The lowest BCUT2D eigenvalue weighted by Gasteiger charge is -2.09. The SMILES string of the molecule is CCCCCCCCOCCOCCOCCOCCOCCOCCOCCOCc1ccccc1. The molecule has 0 aliphatic rings. The number of unbranched alkanes of at least 4 members (excludes halogenated alkanes) is 5. The van der Waals surface area contributed by atoms with Crippen molar-refractivity contribution in [2.45, 2.75) is 52.1 Å². The normalized spacial score (nSPS) is 11.4. The Morgan fingerprint density at radius 3 is 1.16 bits per heavy atom. The Labute approximate surface area is 225 Å². The van der Waals surface area contributed by atoms with Gasteiger partial charge in [-0.05, 0) is 12.0 Å². The van der Waals surface area contributed by atoms with Gasteiger partial charge in [0.05, 0.1) is 99.1 Å². The molecule has 0 amide bonds. The maximum absolute atomic E-state index is 5.58. The molecule has 0 saturated carbocycles. The highest BCUT2D eigenvalue weighted by Gasteiger charge is 1.96. The van der Waals surface area contributed by atoms with Crippen molar-refractivity contribution in [3.05, 3.63) is 35.9 Å². The fourth-order valence-corrected chi connectivity index (χ4v) is 3.29. The number of benzene rings is 1. The molecule has 0 atom stereocenters. The van der Waals surface area contributed by atoms with Crippen molar-refractivity contribution in [3.63, 3.8) is 0 Å². The first-order valence-electron chi connectivity index (χ1n) is 14.1. The van der Waals surface area contributed by atoms with Crippen molar-refractivity contribution in [2.75, 3.05) is 99.1 Å². The van der Waals surface area contributed by atoms with Crippen molar-refractivity contribution in [2.24, 2.45) is 0 Å². The van der Waals surface area contributed by atoms with Crippen LogP contribution in [0.2, 0.25) is 0 Å². The van der Waals surface area contributed by atoms with Crippen molar-refractivity contribution < 1.29 is 37.9 Å². The average molecular weight is 529 g/mol. The van der Waals surface area contributed by atoms with Gasteiger partial charge in [-0.2, -0.15) is 0 Å². The summed E-state index contributed by atoms with van der Waals surface area (Å²) >= 11 is 0. The lowest BCUT2D eigenvalue weighted by atomic mass is 10.1. The molecule has 0 spiro atoms. The number of hydrogen-bond acceptors (Lipinski definition) is 8. The van der Waals surface area contributed by atoms with Crippen LogP contribution in [-0.4, -0.2) is 99.1 Å². The molecule has 1 aromatic carbocycles. The highest BCUT2D eigenvalue weighted by molar-refractivity contribution is 5.13. The predicted molar refractivity (Wildman–Crippen MR) is 145 cm³/mol. The van der Waals surface area contributed by atoms with E-state index in [0.29, 0.717) is 99.1 Å². The van der Waals surface area contributed by atoms with Gasteiger partial charge < -0.3 is 37.9 Å². The van der Waals surface area contributed by atoms with Crippen LogP contribution in [0.4, 0.5) is 0 Å². The van der Waals surface area contributed by atoms with Gasteiger partial charge in [-0.15, -0.1) is 0 Å². The summed E-state index contributed by atoms with van der Waals surface area (Å²) in [5.41, 5.74) is 1.17. The molecule has 0 radical (unpaired) electrons. The van der Waals surface area contributed by atoms with E-state index in [2.05, 4.69) is 6.92 Å². The number of hydrogen-bond donors (Lipinski definition) is 0. The monoisotopic (exact) mass is 528 g/mol. The van der Waals surface area contributed by atoms with Crippen molar-refractivity contribution in [3.8, 4) is 0 Å². The highest BCUT2D eigenvalue weighted by atomic mass is 16.6. The molecular formula is C29H52O8. The van der Waals surface area contributed by atoms with E-state index in [1.807, 2.05) is 30.3 Å². The highest BCUT2D eigenvalue weighted by Crippen LogP contribution is 2.04.